The van der Waals surface area contributed by atoms with E-state index in [2.05, 4.69) is 0 Å². The minimum absolute atomic E-state index is 0.0576. The molecule has 0 radical (unpaired) electrons. The molecule has 0 amide bonds. The molecule has 1 heterocycles. The minimum atomic E-state index is -1.58. The third-order valence-corrected chi connectivity index (χ3v) is 3.54. The number of benzene rings is 1. The SMILES string of the molecule is COC1=C(C#N)C(C#N)(C#N)CC(c2ccc(OC)cc2)O1. The van der Waals surface area contributed by atoms with Crippen LogP contribution in [-0.4, -0.2) is 14.2 Å². The molecule has 1 aliphatic heterocycles. The normalized spacial score (nSPS) is 19.1. The summed E-state index contributed by atoms with van der Waals surface area (Å²) < 4.78 is 15.8. The molecule has 22 heavy (non-hydrogen) atoms. The van der Waals surface area contributed by atoms with Crippen molar-refractivity contribution in [2.45, 2.75) is 12.5 Å². The number of nitriles is 3. The van der Waals surface area contributed by atoms with Gasteiger partial charge in [-0.3, -0.25) is 0 Å². The van der Waals surface area contributed by atoms with E-state index < -0.39 is 11.5 Å². The predicted molar refractivity (Wildman–Crippen MR) is 74.7 cm³/mol. The maximum atomic E-state index is 9.41. The molecule has 0 bridgehead atoms. The van der Waals surface area contributed by atoms with Gasteiger partial charge in [0.25, 0.3) is 5.95 Å². The third-order valence-electron chi connectivity index (χ3n) is 3.54. The van der Waals surface area contributed by atoms with E-state index in [4.69, 9.17) is 14.2 Å². The average Bonchev–Trinajstić information content (AvgIpc) is 2.60. The Morgan fingerprint density at radius 3 is 2.18 bits per heavy atom. The van der Waals surface area contributed by atoms with Crippen LogP contribution in [0.5, 0.6) is 5.75 Å². The van der Waals surface area contributed by atoms with Gasteiger partial charge in [0.2, 0.25) is 0 Å². The molecular weight excluding hydrogens is 282 g/mol. The number of ether oxygens (including phenoxy) is 3. The second-order valence-corrected chi connectivity index (χ2v) is 4.69. The topological polar surface area (TPSA) is 99.1 Å². The molecule has 1 unspecified atom stereocenters. The fourth-order valence-electron chi connectivity index (χ4n) is 2.31. The van der Waals surface area contributed by atoms with Crippen LogP contribution < -0.4 is 4.74 Å². The van der Waals surface area contributed by atoms with Crippen molar-refractivity contribution < 1.29 is 14.2 Å². The highest BCUT2D eigenvalue weighted by Gasteiger charge is 2.46. The van der Waals surface area contributed by atoms with Crippen LogP contribution in [0.2, 0.25) is 0 Å². The molecule has 0 fully saturated rings. The summed E-state index contributed by atoms with van der Waals surface area (Å²) in [5.74, 6) is 0.601. The largest absolute Gasteiger partial charge is 0.497 e. The van der Waals surface area contributed by atoms with Crippen molar-refractivity contribution in [1.82, 2.24) is 0 Å². The van der Waals surface area contributed by atoms with Crippen molar-refractivity contribution in [2.75, 3.05) is 14.2 Å². The standard InChI is InChI=1S/C16H13N3O3/c1-20-12-5-3-11(4-6-12)14-7-16(9-18,10-19)13(8-17)15(21-2)22-14/h3-6,14H,7H2,1-2H3. The predicted octanol–water partition coefficient (Wildman–Crippen LogP) is 2.57. The number of hydrogen-bond donors (Lipinski definition) is 0. The lowest BCUT2D eigenvalue weighted by molar-refractivity contribution is -0.0220. The van der Waals surface area contributed by atoms with Crippen molar-refractivity contribution >= 4 is 0 Å². The number of nitrogens with zero attached hydrogens (tertiary/aromatic N) is 3. The Morgan fingerprint density at radius 1 is 1.09 bits per heavy atom. The molecule has 1 aromatic rings. The van der Waals surface area contributed by atoms with Gasteiger partial charge in [-0.1, -0.05) is 12.1 Å². The van der Waals surface area contributed by atoms with E-state index in [-0.39, 0.29) is 17.9 Å². The van der Waals surface area contributed by atoms with Gasteiger partial charge >= 0.3 is 0 Å². The molecule has 1 aliphatic rings. The van der Waals surface area contributed by atoms with E-state index in [0.717, 1.165) is 5.56 Å². The molecule has 6 heteroatoms. The molecule has 0 aromatic heterocycles. The van der Waals surface area contributed by atoms with Crippen molar-refractivity contribution in [2.24, 2.45) is 5.41 Å². The quantitative estimate of drug-likeness (QED) is 0.849. The van der Waals surface area contributed by atoms with Crippen molar-refractivity contribution in [3.63, 3.8) is 0 Å². The molecule has 6 nitrogen and oxygen atoms in total. The van der Waals surface area contributed by atoms with E-state index in [1.54, 1.807) is 31.4 Å². The monoisotopic (exact) mass is 295 g/mol. The lowest BCUT2D eigenvalue weighted by atomic mass is 9.76. The summed E-state index contributed by atoms with van der Waals surface area (Å²) in [4.78, 5) is 0. The van der Waals surface area contributed by atoms with E-state index >= 15 is 0 Å². The van der Waals surface area contributed by atoms with Crippen LogP contribution in [0, 0.1) is 39.4 Å². The molecule has 110 valence electrons. The van der Waals surface area contributed by atoms with Crippen LogP contribution in [0.1, 0.15) is 18.1 Å². The molecule has 0 aliphatic carbocycles. The van der Waals surface area contributed by atoms with Crippen molar-refractivity contribution in [1.29, 1.82) is 15.8 Å². The number of allylic oxidation sites excluding steroid dienone is 1. The zero-order valence-electron chi connectivity index (χ0n) is 12.2. The van der Waals surface area contributed by atoms with Crippen LogP contribution in [0.15, 0.2) is 35.8 Å². The smallest absolute Gasteiger partial charge is 0.296 e. The Balaban J connectivity index is 2.46. The first-order chi connectivity index (χ1) is 10.6. The van der Waals surface area contributed by atoms with Crippen molar-refractivity contribution in [3.05, 3.63) is 41.3 Å². The number of hydrogen-bond acceptors (Lipinski definition) is 6. The second kappa shape index (κ2) is 6.08. The van der Waals surface area contributed by atoms with Gasteiger partial charge in [-0.15, -0.1) is 0 Å². The maximum absolute atomic E-state index is 9.41. The van der Waals surface area contributed by atoms with Crippen LogP contribution in [0.4, 0.5) is 0 Å². The van der Waals surface area contributed by atoms with Crippen molar-refractivity contribution in [3.8, 4) is 24.0 Å². The summed E-state index contributed by atoms with van der Waals surface area (Å²) in [6.45, 7) is 0. The Morgan fingerprint density at radius 2 is 1.73 bits per heavy atom. The van der Waals surface area contributed by atoms with E-state index in [9.17, 15) is 15.8 Å². The molecular formula is C16H13N3O3. The molecule has 0 saturated heterocycles. The fourth-order valence-corrected chi connectivity index (χ4v) is 2.31. The minimum Gasteiger partial charge on any atom is -0.497 e. The molecule has 0 saturated carbocycles. The van der Waals surface area contributed by atoms with Crippen LogP contribution >= 0.6 is 0 Å². The molecule has 0 spiro atoms. The Bertz CT molecular complexity index is 703. The van der Waals surface area contributed by atoms with Crippen LogP contribution in [0.3, 0.4) is 0 Å². The van der Waals surface area contributed by atoms with E-state index in [1.807, 2.05) is 18.2 Å². The van der Waals surface area contributed by atoms with Gasteiger partial charge in [-0.05, 0) is 17.7 Å². The van der Waals surface area contributed by atoms with Gasteiger partial charge in [-0.2, -0.15) is 15.8 Å². The summed E-state index contributed by atoms with van der Waals surface area (Å²) in [5.41, 5.74) is -0.907. The summed E-state index contributed by atoms with van der Waals surface area (Å²) in [7, 11) is 2.90. The third kappa shape index (κ3) is 2.41. The Hall–Kier alpha value is -3.17. The lowest BCUT2D eigenvalue weighted by Crippen LogP contribution is -2.30. The van der Waals surface area contributed by atoms with Gasteiger partial charge in [0.15, 0.2) is 5.41 Å². The fraction of sp³-hybridized carbons (Fsp3) is 0.312. The zero-order chi connectivity index (χ0) is 16.2. The summed E-state index contributed by atoms with van der Waals surface area (Å²) in [6, 6.07) is 12.8. The van der Waals surface area contributed by atoms with Gasteiger partial charge in [0.1, 0.15) is 23.5 Å². The highest BCUT2D eigenvalue weighted by molar-refractivity contribution is 5.45. The van der Waals surface area contributed by atoms with Gasteiger partial charge < -0.3 is 14.2 Å². The van der Waals surface area contributed by atoms with E-state index in [0.29, 0.717) is 5.75 Å². The van der Waals surface area contributed by atoms with Gasteiger partial charge in [0, 0.05) is 6.42 Å². The Kier molecular flexibility index (Phi) is 4.20. The molecule has 2 rings (SSSR count). The number of rotatable bonds is 3. The average molecular weight is 295 g/mol. The van der Waals surface area contributed by atoms with Gasteiger partial charge in [0.05, 0.1) is 26.4 Å². The molecule has 1 atom stereocenters. The van der Waals surface area contributed by atoms with Gasteiger partial charge in [-0.25, -0.2) is 0 Å². The molecule has 1 aromatic carbocycles. The molecule has 0 N–H and O–H groups in total. The number of methoxy groups -OCH3 is 2. The van der Waals surface area contributed by atoms with E-state index in [1.165, 1.54) is 7.11 Å². The first-order valence-electron chi connectivity index (χ1n) is 6.46. The van der Waals surface area contributed by atoms with Crippen LogP contribution in [-0.2, 0) is 9.47 Å². The Labute approximate surface area is 128 Å². The first-order valence-corrected chi connectivity index (χ1v) is 6.46. The summed E-state index contributed by atoms with van der Waals surface area (Å²) in [5, 5.41) is 28.1. The lowest BCUT2D eigenvalue weighted by Gasteiger charge is -2.32. The first kappa shape index (κ1) is 15.2. The highest BCUT2D eigenvalue weighted by atomic mass is 16.7. The van der Waals surface area contributed by atoms with Crippen LogP contribution in [0.25, 0.3) is 0 Å². The second-order valence-electron chi connectivity index (χ2n) is 4.69. The maximum Gasteiger partial charge on any atom is 0.296 e. The highest BCUT2D eigenvalue weighted by Crippen LogP contribution is 2.45. The summed E-state index contributed by atoms with van der Waals surface area (Å²) in [6.07, 6.45) is -0.500. The zero-order valence-corrected chi connectivity index (χ0v) is 12.2. The summed E-state index contributed by atoms with van der Waals surface area (Å²) >= 11 is 0.